The molecule has 104 valence electrons. The van der Waals surface area contributed by atoms with Gasteiger partial charge in [0.1, 0.15) is 21.7 Å². The molecule has 0 amide bonds. The fraction of sp³-hybridized carbons (Fsp3) is 0.267. The van der Waals surface area contributed by atoms with Gasteiger partial charge in [0.15, 0.2) is 0 Å². The lowest BCUT2D eigenvalue weighted by molar-refractivity contribution is 0.506. The Balaban J connectivity index is 1.98. The van der Waals surface area contributed by atoms with Gasteiger partial charge in [-0.2, -0.15) is 0 Å². The van der Waals surface area contributed by atoms with Gasteiger partial charge < -0.3 is 13.7 Å². The summed E-state index contributed by atoms with van der Waals surface area (Å²) in [7, 11) is 4.08. The lowest BCUT2D eigenvalue weighted by Gasteiger charge is -2.14. The fourth-order valence-corrected chi connectivity index (χ4v) is 2.96. The highest BCUT2D eigenvalue weighted by Gasteiger charge is 2.13. The second-order valence-corrected chi connectivity index (χ2v) is 5.66. The van der Waals surface area contributed by atoms with Gasteiger partial charge in [0.05, 0.1) is 12.0 Å². The van der Waals surface area contributed by atoms with Crippen LogP contribution in [-0.4, -0.2) is 23.5 Å². The molecule has 3 aromatic rings. The van der Waals surface area contributed by atoms with E-state index in [0.29, 0.717) is 0 Å². The van der Waals surface area contributed by atoms with Crippen LogP contribution in [0.2, 0.25) is 0 Å². The summed E-state index contributed by atoms with van der Waals surface area (Å²) in [5.74, 6) is 2.02. The predicted molar refractivity (Wildman–Crippen MR) is 83.3 cm³/mol. The number of pyridine rings is 1. The van der Waals surface area contributed by atoms with Gasteiger partial charge in [-0.3, -0.25) is 0 Å². The van der Waals surface area contributed by atoms with Crippen LogP contribution in [0.3, 0.4) is 0 Å². The smallest absolute Gasteiger partial charge is 0.134 e. The molecule has 0 unspecified atom stereocenters. The summed E-state index contributed by atoms with van der Waals surface area (Å²) in [4.78, 5) is 6.74. The Kier molecular flexibility index (Phi) is 3.53. The molecule has 0 N–H and O–H groups in total. The summed E-state index contributed by atoms with van der Waals surface area (Å²) >= 11 is 3.57. The van der Waals surface area contributed by atoms with Crippen molar-refractivity contribution in [3.05, 3.63) is 52.9 Å². The molecular formula is C15H16BrN3O. The molecule has 0 atom stereocenters. The van der Waals surface area contributed by atoms with E-state index in [1.54, 1.807) is 6.26 Å². The second-order valence-electron chi connectivity index (χ2n) is 4.90. The highest BCUT2D eigenvalue weighted by atomic mass is 79.9. The number of fused-ring (bicyclic) bond motifs is 1. The van der Waals surface area contributed by atoms with E-state index in [9.17, 15) is 0 Å². The Morgan fingerprint density at radius 1 is 1.25 bits per heavy atom. The van der Waals surface area contributed by atoms with Crippen molar-refractivity contribution in [2.75, 3.05) is 19.0 Å². The summed E-state index contributed by atoms with van der Waals surface area (Å²) in [5, 5.41) is 0. The van der Waals surface area contributed by atoms with E-state index >= 15 is 0 Å². The van der Waals surface area contributed by atoms with Gasteiger partial charge in [-0.1, -0.05) is 0 Å². The van der Waals surface area contributed by atoms with Gasteiger partial charge in [-0.15, -0.1) is 0 Å². The molecule has 0 radical (unpaired) electrons. The number of hydrogen-bond donors (Lipinski definition) is 0. The maximum Gasteiger partial charge on any atom is 0.134 e. The van der Waals surface area contributed by atoms with Crippen LogP contribution in [0.15, 0.2) is 45.7 Å². The zero-order chi connectivity index (χ0) is 14.1. The van der Waals surface area contributed by atoms with E-state index in [1.165, 1.54) is 0 Å². The zero-order valence-electron chi connectivity index (χ0n) is 11.5. The van der Waals surface area contributed by atoms with Gasteiger partial charge in [-0.25, -0.2) is 4.98 Å². The lowest BCUT2D eigenvalue weighted by atomic mass is 10.2. The molecule has 4 nitrogen and oxygen atoms in total. The van der Waals surface area contributed by atoms with Crippen LogP contribution in [0.25, 0.3) is 5.52 Å². The van der Waals surface area contributed by atoms with E-state index < -0.39 is 0 Å². The highest BCUT2D eigenvalue weighted by molar-refractivity contribution is 9.10. The molecule has 0 aliphatic carbocycles. The average Bonchev–Trinajstić information content (AvgIpc) is 3.05. The second kappa shape index (κ2) is 5.32. The quantitative estimate of drug-likeness (QED) is 0.732. The maximum atomic E-state index is 5.38. The van der Waals surface area contributed by atoms with Crippen molar-refractivity contribution in [3.8, 4) is 0 Å². The third-order valence-electron chi connectivity index (χ3n) is 3.33. The molecule has 0 bridgehead atoms. The summed E-state index contributed by atoms with van der Waals surface area (Å²) in [6.45, 7) is 0. The van der Waals surface area contributed by atoms with Crippen molar-refractivity contribution in [2.45, 2.75) is 12.8 Å². The third-order valence-corrected chi connectivity index (χ3v) is 3.88. The summed E-state index contributed by atoms with van der Waals surface area (Å²) in [6.07, 6.45) is 5.46. The molecule has 0 spiro atoms. The first-order valence-electron chi connectivity index (χ1n) is 6.52. The SMILES string of the molecule is CN(C)c1cccn2c(CCc3ccco3)nc(Br)c12. The molecule has 0 fully saturated rings. The highest BCUT2D eigenvalue weighted by Crippen LogP contribution is 2.28. The van der Waals surface area contributed by atoms with Crippen molar-refractivity contribution in [3.63, 3.8) is 0 Å². The van der Waals surface area contributed by atoms with Crippen molar-refractivity contribution in [1.82, 2.24) is 9.38 Å². The summed E-state index contributed by atoms with van der Waals surface area (Å²) in [5.41, 5.74) is 2.25. The van der Waals surface area contributed by atoms with Crippen LogP contribution >= 0.6 is 15.9 Å². The maximum absolute atomic E-state index is 5.38. The average molecular weight is 334 g/mol. The molecule has 0 saturated heterocycles. The number of aromatic nitrogens is 2. The minimum absolute atomic E-state index is 0.844. The summed E-state index contributed by atoms with van der Waals surface area (Å²) < 4.78 is 8.41. The molecule has 0 saturated carbocycles. The number of rotatable bonds is 4. The van der Waals surface area contributed by atoms with Gasteiger partial charge >= 0.3 is 0 Å². The first-order valence-corrected chi connectivity index (χ1v) is 7.31. The van der Waals surface area contributed by atoms with Crippen molar-refractivity contribution in [2.24, 2.45) is 0 Å². The standard InChI is InChI=1S/C15H16BrN3O/c1-18(2)12-6-3-9-19-13(17-15(16)14(12)19)8-7-11-5-4-10-20-11/h3-6,9-10H,7-8H2,1-2H3. The molecule has 0 aliphatic heterocycles. The van der Waals surface area contributed by atoms with E-state index in [-0.39, 0.29) is 0 Å². The number of nitrogens with zero attached hydrogens (tertiary/aromatic N) is 3. The topological polar surface area (TPSA) is 33.7 Å². The van der Waals surface area contributed by atoms with Crippen LogP contribution in [0.5, 0.6) is 0 Å². The Bertz CT molecular complexity index is 716. The lowest BCUT2D eigenvalue weighted by Crippen LogP contribution is -2.10. The fourth-order valence-electron chi connectivity index (χ4n) is 2.36. The van der Waals surface area contributed by atoms with Gasteiger partial charge in [-0.05, 0) is 40.2 Å². The van der Waals surface area contributed by atoms with E-state index in [4.69, 9.17) is 4.42 Å². The zero-order valence-corrected chi connectivity index (χ0v) is 13.1. The van der Waals surface area contributed by atoms with Crippen LogP contribution in [0.1, 0.15) is 11.6 Å². The largest absolute Gasteiger partial charge is 0.469 e. The molecule has 3 heterocycles. The Morgan fingerprint density at radius 2 is 2.10 bits per heavy atom. The molecule has 5 heteroatoms. The molecule has 20 heavy (non-hydrogen) atoms. The van der Waals surface area contributed by atoms with E-state index in [2.05, 4.69) is 42.5 Å². The minimum atomic E-state index is 0.844. The number of halogens is 1. The number of imidazole rings is 1. The van der Waals surface area contributed by atoms with Crippen molar-refractivity contribution in [1.29, 1.82) is 0 Å². The van der Waals surface area contributed by atoms with E-state index in [0.717, 1.165) is 40.2 Å². The Labute approximate surface area is 126 Å². The van der Waals surface area contributed by atoms with Crippen LogP contribution < -0.4 is 4.90 Å². The van der Waals surface area contributed by atoms with Crippen LogP contribution in [0, 0.1) is 0 Å². The number of hydrogen-bond acceptors (Lipinski definition) is 3. The van der Waals surface area contributed by atoms with Gasteiger partial charge in [0.2, 0.25) is 0 Å². The Morgan fingerprint density at radius 3 is 2.80 bits per heavy atom. The molecule has 3 rings (SSSR count). The normalized spacial score (nSPS) is 11.2. The molecular weight excluding hydrogens is 318 g/mol. The first kappa shape index (κ1) is 13.2. The minimum Gasteiger partial charge on any atom is -0.469 e. The van der Waals surface area contributed by atoms with Crippen molar-refractivity contribution >= 4 is 27.1 Å². The number of aryl methyl sites for hydroxylation is 2. The molecule has 0 aliphatic rings. The Hall–Kier alpha value is -1.75. The third kappa shape index (κ3) is 2.33. The molecule has 3 aromatic heterocycles. The van der Waals surface area contributed by atoms with E-state index in [1.807, 2.05) is 32.3 Å². The summed E-state index contributed by atoms with van der Waals surface area (Å²) in [6, 6.07) is 8.06. The first-order chi connectivity index (χ1) is 9.66. The van der Waals surface area contributed by atoms with Gasteiger partial charge in [0, 0.05) is 33.1 Å². The molecule has 0 aromatic carbocycles. The number of furan rings is 1. The monoisotopic (exact) mass is 333 g/mol. The van der Waals surface area contributed by atoms with Gasteiger partial charge in [0.25, 0.3) is 0 Å². The predicted octanol–water partition coefficient (Wildman–Crippen LogP) is 3.54. The van der Waals surface area contributed by atoms with Crippen molar-refractivity contribution < 1.29 is 4.42 Å². The van der Waals surface area contributed by atoms with Crippen LogP contribution in [-0.2, 0) is 12.8 Å². The van der Waals surface area contributed by atoms with Crippen LogP contribution in [0.4, 0.5) is 5.69 Å². The number of anilines is 1.